The van der Waals surface area contributed by atoms with Crippen molar-refractivity contribution < 1.29 is 0 Å². The van der Waals surface area contributed by atoms with Crippen LogP contribution in [0.4, 0.5) is 0 Å². The molecule has 0 aromatic carbocycles. The average molecular weight is 471 g/mol. The lowest BCUT2D eigenvalue weighted by Gasteiger charge is -2.20. The zero-order valence-corrected chi connectivity index (χ0v) is 23.4. The van der Waals surface area contributed by atoms with Gasteiger partial charge >= 0.3 is 0 Å². The fraction of sp³-hybridized carbons (Fsp3) is 0.733. The maximum Gasteiger partial charge on any atom is 0.0964 e. The van der Waals surface area contributed by atoms with E-state index in [1.54, 1.807) is 11.1 Å². The Morgan fingerprint density at radius 3 is 2.29 bits per heavy atom. The van der Waals surface area contributed by atoms with Crippen LogP contribution in [0.3, 0.4) is 0 Å². The topological polar surface area (TPSA) is 48.8 Å². The summed E-state index contributed by atoms with van der Waals surface area (Å²) in [5.41, 5.74) is 3.26. The maximum atomic E-state index is 4.69. The van der Waals surface area contributed by atoms with Crippen LogP contribution >= 0.6 is 0 Å². The van der Waals surface area contributed by atoms with E-state index in [1.807, 2.05) is 7.05 Å². The van der Waals surface area contributed by atoms with E-state index in [1.165, 1.54) is 44.4 Å². The summed E-state index contributed by atoms with van der Waals surface area (Å²) in [6, 6.07) is 0. The number of hydrogen-bond donors (Lipinski definition) is 2. The van der Waals surface area contributed by atoms with Gasteiger partial charge in [0.25, 0.3) is 0 Å². The standard InChI is InChI=1S/C30H54N4/c1-8-25(5)14-19-30(31-7)33-21-11-13-27-15-17-28(18-16-27)22-26(6)23-34-29(9-2)32-20-10-12-24(3)4/h10,12-13,22,24-26H,8-9,11,14-21,23H2,1-7H3,(H,31,33)(H,32,34)/b12-10-,27-13?,28-22?. The Labute approximate surface area is 211 Å². The van der Waals surface area contributed by atoms with E-state index in [0.717, 1.165) is 50.7 Å². The predicted molar refractivity (Wildman–Crippen MR) is 153 cm³/mol. The summed E-state index contributed by atoms with van der Waals surface area (Å²) in [6.07, 6.45) is 19.8. The first-order valence-corrected chi connectivity index (χ1v) is 13.9. The molecule has 1 fully saturated rings. The van der Waals surface area contributed by atoms with Crippen molar-refractivity contribution in [2.24, 2.45) is 27.7 Å². The van der Waals surface area contributed by atoms with Crippen LogP contribution in [-0.4, -0.2) is 38.4 Å². The molecule has 4 heteroatoms. The van der Waals surface area contributed by atoms with Crippen LogP contribution in [0.1, 0.15) is 99.3 Å². The molecule has 0 aromatic heterocycles. The van der Waals surface area contributed by atoms with Crippen molar-refractivity contribution in [3.63, 3.8) is 0 Å². The van der Waals surface area contributed by atoms with Crippen molar-refractivity contribution in [1.82, 2.24) is 10.6 Å². The molecule has 1 aliphatic carbocycles. The van der Waals surface area contributed by atoms with Gasteiger partial charge in [0, 0.05) is 33.0 Å². The van der Waals surface area contributed by atoms with E-state index in [0.29, 0.717) is 11.8 Å². The molecule has 0 amide bonds. The number of allylic oxidation sites excluding steroid dienone is 3. The first kappa shape index (κ1) is 30.2. The minimum Gasteiger partial charge on any atom is -0.374 e. The fourth-order valence-electron chi connectivity index (χ4n) is 4.15. The molecule has 1 aliphatic rings. The summed E-state index contributed by atoms with van der Waals surface area (Å²) < 4.78 is 0. The molecule has 0 radical (unpaired) electrons. The molecule has 0 bridgehead atoms. The highest BCUT2D eigenvalue weighted by molar-refractivity contribution is 5.82. The lowest BCUT2D eigenvalue weighted by atomic mass is 9.88. The van der Waals surface area contributed by atoms with Crippen LogP contribution in [0.2, 0.25) is 0 Å². The Morgan fingerprint density at radius 2 is 1.68 bits per heavy atom. The van der Waals surface area contributed by atoms with Crippen LogP contribution in [-0.2, 0) is 0 Å². The molecule has 1 rings (SSSR count). The zero-order chi connectivity index (χ0) is 25.2. The van der Waals surface area contributed by atoms with Gasteiger partial charge in [0.05, 0.1) is 18.2 Å². The third kappa shape index (κ3) is 14.4. The largest absolute Gasteiger partial charge is 0.374 e. The zero-order valence-electron chi connectivity index (χ0n) is 23.4. The van der Waals surface area contributed by atoms with Gasteiger partial charge in [-0.1, -0.05) is 83.4 Å². The second-order valence-corrected chi connectivity index (χ2v) is 10.3. The number of rotatable bonds is 14. The highest BCUT2D eigenvalue weighted by atomic mass is 15.0. The Bertz CT molecular complexity index is 685. The molecule has 4 nitrogen and oxygen atoms in total. The van der Waals surface area contributed by atoms with Crippen LogP contribution in [0.25, 0.3) is 0 Å². The fourth-order valence-corrected chi connectivity index (χ4v) is 4.15. The van der Waals surface area contributed by atoms with Crippen molar-refractivity contribution in [3.8, 4) is 0 Å². The minimum absolute atomic E-state index is 0.537. The first-order valence-electron chi connectivity index (χ1n) is 13.9. The Morgan fingerprint density at radius 1 is 0.971 bits per heavy atom. The second-order valence-electron chi connectivity index (χ2n) is 10.3. The lowest BCUT2D eigenvalue weighted by molar-refractivity contribution is 0.525. The lowest BCUT2D eigenvalue weighted by Crippen LogP contribution is -2.27. The van der Waals surface area contributed by atoms with E-state index in [4.69, 9.17) is 4.99 Å². The summed E-state index contributed by atoms with van der Waals surface area (Å²) in [5.74, 6) is 4.20. The van der Waals surface area contributed by atoms with Crippen molar-refractivity contribution in [2.45, 2.75) is 99.3 Å². The molecule has 194 valence electrons. The molecule has 0 saturated heterocycles. The number of nitrogens with zero attached hydrogens (tertiary/aromatic N) is 2. The molecule has 0 spiro atoms. The van der Waals surface area contributed by atoms with E-state index in [-0.39, 0.29) is 0 Å². The molecule has 2 N–H and O–H groups in total. The molecule has 0 heterocycles. The van der Waals surface area contributed by atoms with Crippen molar-refractivity contribution in [2.75, 3.05) is 26.7 Å². The summed E-state index contributed by atoms with van der Waals surface area (Å²) in [4.78, 5) is 9.13. The number of nitrogens with one attached hydrogen (secondary N) is 2. The maximum absolute atomic E-state index is 4.69. The molecule has 1 saturated carbocycles. The van der Waals surface area contributed by atoms with Crippen LogP contribution in [0.5, 0.6) is 0 Å². The molecule has 0 aromatic rings. The predicted octanol–water partition coefficient (Wildman–Crippen LogP) is 7.49. The summed E-state index contributed by atoms with van der Waals surface area (Å²) in [6.45, 7) is 16.2. The minimum atomic E-state index is 0.537. The van der Waals surface area contributed by atoms with Crippen LogP contribution in [0, 0.1) is 17.8 Å². The van der Waals surface area contributed by atoms with E-state index < -0.39 is 0 Å². The Hall–Kier alpha value is -1.84. The summed E-state index contributed by atoms with van der Waals surface area (Å²) >= 11 is 0. The third-order valence-electron chi connectivity index (χ3n) is 6.67. The molecule has 0 aliphatic heterocycles. The second kappa shape index (κ2) is 18.5. The van der Waals surface area contributed by atoms with Gasteiger partial charge in [-0.15, -0.1) is 0 Å². The smallest absolute Gasteiger partial charge is 0.0964 e. The van der Waals surface area contributed by atoms with Gasteiger partial charge in [-0.25, -0.2) is 0 Å². The van der Waals surface area contributed by atoms with Gasteiger partial charge in [0.2, 0.25) is 0 Å². The van der Waals surface area contributed by atoms with Crippen LogP contribution < -0.4 is 10.6 Å². The molecule has 34 heavy (non-hydrogen) atoms. The van der Waals surface area contributed by atoms with E-state index >= 15 is 0 Å². The van der Waals surface area contributed by atoms with E-state index in [9.17, 15) is 0 Å². The highest BCUT2D eigenvalue weighted by Gasteiger charge is 2.11. The first-order chi connectivity index (χ1) is 16.4. The van der Waals surface area contributed by atoms with Gasteiger partial charge in [-0.3, -0.25) is 9.98 Å². The number of amidine groups is 2. The molecule has 2 atom stereocenters. The Kier molecular flexibility index (Phi) is 16.4. The highest BCUT2D eigenvalue weighted by Crippen LogP contribution is 2.28. The monoisotopic (exact) mass is 470 g/mol. The van der Waals surface area contributed by atoms with Gasteiger partial charge in [-0.2, -0.15) is 0 Å². The SMILES string of the molecule is CC/C(=N/C/C=C\C(C)C)NCC(C)C=C1CCC(=CCCN/C(CCC(C)CC)=N\C)CC1. The number of aliphatic imine (C=N–C) groups is 2. The summed E-state index contributed by atoms with van der Waals surface area (Å²) in [7, 11) is 1.91. The van der Waals surface area contributed by atoms with Crippen molar-refractivity contribution in [1.29, 1.82) is 0 Å². The van der Waals surface area contributed by atoms with Crippen molar-refractivity contribution in [3.05, 3.63) is 35.5 Å². The third-order valence-corrected chi connectivity index (χ3v) is 6.67. The average Bonchev–Trinajstić information content (AvgIpc) is 2.83. The molecular formula is C30H54N4. The van der Waals surface area contributed by atoms with Crippen molar-refractivity contribution >= 4 is 11.7 Å². The van der Waals surface area contributed by atoms with Crippen LogP contribution in [0.15, 0.2) is 45.4 Å². The Balaban J connectivity index is 2.33. The van der Waals surface area contributed by atoms with E-state index in [2.05, 4.69) is 81.5 Å². The van der Waals surface area contributed by atoms with Gasteiger partial charge in [0.15, 0.2) is 0 Å². The number of hydrogen-bond acceptors (Lipinski definition) is 2. The normalized spacial score (nSPS) is 17.3. The molecule has 2 unspecified atom stereocenters. The quantitative estimate of drug-likeness (QED) is 0.119. The molecular weight excluding hydrogens is 416 g/mol. The van der Waals surface area contributed by atoms with Gasteiger partial charge < -0.3 is 10.6 Å². The summed E-state index contributed by atoms with van der Waals surface area (Å²) in [5, 5.41) is 7.11. The van der Waals surface area contributed by atoms with Gasteiger partial charge in [0.1, 0.15) is 0 Å². The van der Waals surface area contributed by atoms with Gasteiger partial charge in [-0.05, 0) is 56.3 Å².